The molecule has 3 heterocycles. The van der Waals surface area contributed by atoms with E-state index in [-0.39, 0.29) is 17.3 Å². The van der Waals surface area contributed by atoms with E-state index in [0.717, 1.165) is 56.8 Å². The van der Waals surface area contributed by atoms with Crippen molar-refractivity contribution in [2.45, 2.75) is 64.2 Å². The highest BCUT2D eigenvalue weighted by Gasteiger charge is 2.47. The number of likely N-dealkylation sites (tertiary alicyclic amines) is 1. The lowest BCUT2D eigenvalue weighted by Gasteiger charge is -2.38. The predicted molar refractivity (Wildman–Crippen MR) is 122 cm³/mol. The molecule has 5 heteroatoms. The van der Waals surface area contributed by atoms with E-state index in [9.17, 15) is 4.79 Å². The Morgan fingerprint density at radius 3 is 2.48 bits per heavy atom. The van der Waals surface area contributed by atoms with Crippen LogP contribution in [-0.2, 0) is 17.7 Å². The molecule has 0 bridgehead atoms. The average molecular weight is 421 g/mol. The van der Waals surface area contributed by atoms with Gasteiger partial charge in [0.1, 0.15) is 17.0 Å². The van der Waals surface area contributed by atoms with E-state index in [1.54, 1.807) is 4.90 Å². The average Bonchev–Trinajstić information content (AvgIpc) is 3.07. The molecule has 0 unspecified atom stereocenters. The highest BCUT2D eigenvalue weighted by molar-refractivity contribution is 5.90. The Kier molecular flexibility index (Phi) is 4.97. The van der Waals surface area contributed by atoms with Crippen molar-refractivity contribution >= 4 is 11.8 Å². The van der Waals surface area contributed by atoms with Gasteiger partial charge in [0.05, 0.1) is 6.54 Å². The molecule has 2 aromatic carbocycles. The van der Waals surface area contributed by atoms with Crippen LogP contribution in [0.1, 0.15) is 49.8 Å². The monoisotopic (exact) mass is 420 g/mol. The molecular formula is C26H32N2O3. The van der Waals surface area contributed by atoms with Crippen molar-refractivity contribution in [2.75, 3.05) is 24.5 Å². The lowest BCUT2D eigenvalue weighted by Crippen LogP contribution is -2.46. The van der Waals surface area contributed by atoms with Gasteiger partial charge in [-0.15, -0.1) is 0 Å². The number of carbonyl (C=O) groups is 1. The molecule has 0 aromatic heterocycles. The van der Waals surface area contributed by atoms with Gasteiger partial charge in [-0.1, -0.05) is 30.3 Å². The molecule has 164 valence electrons. The van der Waals surface area contributed by atoms with Crippen LogP contribution in [0.4, 0.5) is 10.5 Å². The maximum Gasteiger partial charge on any atom is 0.415 e. The van der Waals surface area contributed by atoms with Gasteiger partial charge in [-0.3, -0.25) is 9.80 Å². The summed E-state index contributed by atoms with van der Waals surface area (Å²) in [5.41, 5.74) is 4.41. The minimum absolute atomic E-state index is 0.0766. The van der Waals surface area contributed by atoms with E-state index in [0.29, 0.717) is 6.54 Å². The fourth-order valence-corrected chi connectivity index (χ4v) is 5.18. The Morgan fingerprint density at radius 1 is 1.00 bits per heavy atom. The molecule has 5 nitrogen and oxygen atoms in total. The Hall–Kier alpha value is -2.53. The molecule has 3 aliphatic rings. The second kappa shape index (κ2) is 7.56. The SMILES string of the molecule is Cc1cc(CN2CCC3(CC2)CN(c2ccccc2)C(=O)O3)cc2c1OC(C)(C)CC2. The standard InChI is InChI=1S/C26H32N2O3/c1-19-15-20(16-21-9-10-25(2,3)30-23(19)21)17-27-13-11-26(12-14-27)18-28(24(29)31-26)22-7-5-4-6-8-22/h4-8,15-16H,9-14,17-18H2,1-3H3. The van der Waals surface area contributed by atoms with Crippen LogP contribution in [0.5, 0.6) is 5.75 Å². The van der Waals surface area contributed by atoms with Crippen LogP contribution in [0, 0.1) is 6.92 Å². The number of hydrogen-bond donors (Lipinski definition) is 0. The first-order valence-corrected chi connectivity index (χ1v) is 11.4. The second-order valence-corrected chi connectivity index (χ2v) is 10.0. The second-order valence-electron chi connectivity index (χ2n) is 10.0. The molecule has 1 spiro atoms. The number of nitrogens with zero attached hydrogens (tertiary/aromatic N) is 2. The summed E-state index contributed by atoms with van der Waals surface area (Å²) in [4.78, 5) is 16.8. The number of rotatable bonds is 3. The number of ether oxygens (including phenoxy) is 2. The molecule has 0 radical (unpaired) electrons. The molecule has 0 saturated carbocycles. The van der Waals surface area contributed by atoms with Gasteiger partial charge in [0.15, 0.2) is 0 Å². The first-order chi connectivity index (χ1) is 14.8. The van der Waals surface area contributed by atoms with Crippen LogP contribution >= 0.6 is 0 Å². The minimum atomic E-state index is -0.353. The highest BCUT2D eigenvalue weighted by Crippen LogP contribution is 2.38. The molecule has 0 aliphatic carbocycles. The maximum absolute atomic E-state index is 12.5. The number of hydrogen-bond acceptors (Lipinski definition) is 4. The Morgan fingerprint density at radius 2 is 1.74 bits per heavy atom. The zero-order chi connectivity index (χ0) is 21.6. The molecule has 0 atom stereocenters. The van der Waals surface area contributed by atoms with Gasteiger partial charge in [-0.05, 0) is 62.4 Å². The minimum Gasteiger partial charge on any atom is -0.487 e. The van der Waals surface area contributed by atoms with E-state index in [1.807, 2.05) is 30.3 Å². The lowest BCUT2D eigenvalue weighted by molar-refractivity contribution is -0.000989. The smallest absolute Gasteiger partial charge is 0.415 e. The largest absolute Gasteiger partial charge is 0.487 e. The third-order valence-corrected chi connectivity index (χ3v) is 7.00. The van der Waals surface area contributed by atoms with Crippen LogP contribution in [0.15, 0.2) is 42.5 Å². The lowest BCUT2D eigenvalue weighted by atomic mass is 9.90. The van der Waals surface area contributed by atoms with Crippen molar-refractivity contribution in [3.8, 4) is 5.75 Å². The normalized spacial score (nSPS) is 22.2. The van der Waals surface area contributed by atoms with E-state index in [1.165, 1.54) is 16.7 Å². The third-order valence-electron chi connectivity index (χ3n) is 7.00. The van der Waals surface area contributed by atoms with Gasteiger partial charge in [0.25, 0.3) is 0 Å². The molecule has 0 N–H and O–H groups in total. The van der Waals surface area contributed by atoms with E-state index < -0.39 is 0 Å². The third kappa shape index (κ3) is 4.03. The molecule has 2 aromatic rings. The summed E-state index contributed by atoms with van der Waals surface area (Å²) < 4.78 is 12.2. The Labute approximate surface area is 184 Å². The Bertz CT molecular complexity index is 978. The van der Waals surface area contributed by atoms with Crippen molar-refractivity contribution in [1.29, 1.82) is 0 Å². The summed E-state index contributed by atoms with van der Waals surface area (Å²) in [5, 5.41) is 0. The van der Waals surface area contributed by atoms with Crippen LogP contribution in [0.3, 0.4) is 0 Å². The van der Waals surface area contributed by atoms with Crippen LogP contribution in [0.25, 0.3) is 0 Å². The molecule has 31 heavy (non-hydrogen) atoms. The van der Waals surface area contributed by atoms with Gasteiger partial charge in [-0.2, -0.15) is 0 Å². The zero-order valence-electron chi connectivity index (χ0n) is 18.8. The number of para-hydroxylation sites is 1. The van der Waals surface area contributed by atoms with Gasteiger partial charge in [0.2, 0.25) is 0 Å². The fourth-order valence-electron chi connectivity index (χ4n) is 5.18. The molecular weight excluding hydrogens is 388 g/mol. The number of amides is 1. The number of aryl methyl sites for hydroxylation is 2. The van der Waals surface area contributed by atoms with Crippen molar-refractivity contribution in [2.24, 2.45) is 0 Å². The molecule has 1 amide bonds. The molecule has 3 aliphatic heterocycles. The molecule has 2 saturated heterocycles. The predicted octanol–water partition coefficient (Wildman–Crippen LogP) is 5.09. The van der Waals surface area contributed by atoms with Crippen molar-refractivity contribution in [3.63, 3.8) is 0 Å². The summed E-state index contributed by atoms with van der Waals surface area (Å²) in [6, 6.07) is 14.4. The molecule has 2 fully saturated rings. The number of piperidine rings is 1. The van der Waals surface area contributed by atoms with Crippen LogP contribution in [-0.4, -0.2) is 41.8 Å². The van der Waals surface area contributed by atoms with E-state index in [2.05, 4.69) is 37.8 Å². The zero-order valence-corrected chi connectivity index (χ0v) is 18.8. The van der Waals surface area contributed by atoms with E-state index >= 15 is 0 Å². The summed E-state index contributed by atoms with van der Waals surface area (Å²) in [6.07, 6.45) is 3.67. The highest BCUT2D eigenvalue weighted by atomic mass is 16.6. The number of benzene rings is 2. The summed E-state index contributed by atoms with van der Waals surface area (Å²) in [6.45, 7) is 9.96. The van der Waals surface area contributed by atoms with Crippen LogP contribution in [0.2, 0.25) is 0 Å². The van der Waals surface area contributed by atoms with Gasteiger partial charge in [-0.25, -0.2) is 4.79 Å². The summed E-state index contributed by atoms with van der Waals surface area (Å²) >= 11 is 0. The summed E-state index contributed by atoms with van der Waals surface area (Å²) in [7, 11) is 0. The van der Waals surface area contributed by atoms with Gasteiger partial charge < -0.3 is 9.47 Å². The maximum atomic E-state index is 12.5. The van der Waals surface area contributed by atoms with E-state index in [4.69, 9.17) is 9.47 Å². The van der Waals surface area contributed by atoms with Gasteiger partial charge >= 0.3 is 6.09 Å². The quantitative estimate of drug-likeness (QED) is 0.694. The van der Waals surface area contributed by atoms with Crippen molar-refractivity contribution in [1.82, 2.24) is 4.90 Å². The molecule has 5 rings (SSSR count). The first kappa shape index (κ1) is 20.4. The first-order valence-electron chi connectivity index (χ1n) is 11.4. The number of fused-ring (bicyclic) bond motifs is 1. The fraction of sp³-hybridized carbons (Fsp3) is 0.500. The topological polar surface area (TPSA) is 42.0 Å². The van der Waals surface area contributed by atoms with Gasteiger partial charge in [0, 0.05) is 38.2 Å². The number of carbonyl (C=O) groups excluding carboxylic acids is 1. The number of anilines is 1. The van der Waals surface area contributed by atoms with Crippen LogP contribution < -0.4 is 9.64 Å². The van der Waals surface area contributed by atoms with Crippen molar-refractivity contribution in [3.05, 3.63) is 59.2 Å². The van der Waals surface area contributed by atoms with Crippen molar-refractivity contribution < 1.29 is 14.3 Å². The Balaban J connectivity index is 1.23. The summed E-state index contributed by atoms with van der Waals surface area (Å²) in [5.74, 6) is 1.08.